The van der Waals surface area contributed by atoms with Crippen molar-refractivity contribution in [2.45, 2.75) is 25.7 Å². The van der Waals surface area contributed by atoms with E-state index in [4.69, 9.17) is 10.2 Å². The predicted molar refractivity (Wildman–Crippen MR) is 72.2 cm³/mol. The van der Waals surface area contributed by atoms with Crippen molar-refractivity contribution in [1.29, 1.82) is 0 Å². The second-order valence-corrected chi connectivity index (χ2v) is 4.94. The highest BCUT2D eigenvalue weighted by Gasteiger charge is 2.18. The van der Waals surface area contributed by atoms with Crippen LogP contribution in [0.15, 0.2) is 28.9 Å². The van der Waals surface area contributed by atoms with Crippen molar-refractivity contribution < 1.29 is 4.42 Å². The number of nitrogens with zero attached hydrogens (tertiary/aromatic N) is 3. The van der Waals surface area contributed by atoms with Gasteiger partial charge in [-0.2, -0.15) is 4.98 Å². The SMILES string of the molecule is Nc1ccc2nc(-n3cnc4c3CCCC4)oc2c1. The molecule has 5 nitrogen and oxygen atoms in total. The Morgan fingerprint density at radius 3 is 3.05 bits per heavy atom. The summed E-state index contributed by atoms with van der Waals surface area (Å²) in [6.45, 7) is 0. The maximum absolute atomic E-state index is 5.79. The van der Waals surface area contributed by atoms with Crippen LogP contribution in [-0.4, -0.2) is 14.5 Å². The molecule has 2 heterocycles. The van der Waals surface area contributed by atoms with E-state index in [2.05, 4.69) is 9.97 Å². The van der Waals surface area contributed by atoms with Crippen LogP contribution in [-0.2, 0) is 12.8 Å². The molecule has 5 heteroatoms. The molecular formula is C14H14N4O. The summed E-state index contributed by atoms with van der Waals surface area (Å²) >= 11 is 0. The van der Waals surface area contributed by atoms with Crippen LogP contribution in [0.25, 0.3) is 17.1 Å². The Morgan fingerprint density at radius 2 is 2.11 bits per heavy atom. The van der Waals surface area contributed by atoms with Gasteiger partial charge in [-0.15, -0.1) is 0 Å². The Bertz CT molecular complexity index is 756. The third-order valence-electron chi connectivity index (χ3n) is 3.64. The summed E-state index contributed by atoms with van der Waals surface area (Å²) in [5, 5.41) is 0. The number of benzene rings is 1. The molecule has 0 spiro atoms. The lowest BCUT2D eigenvalue weighted by Gasteiger charge is -2.11. The van der Waals surface area contributed by atoms with Gasteiger partial charge in [-0.1, -0.05) is 0 Å². The highest BCUT2D eigenvalue weighted by molar-refractivity contribution is 5.77. The second kappa shape index (κ2) is 3.85. The Hall–Kier alpha value is -2.30. The van der Waals surface area contributed by atoms with E-state index in [0.717, 1.165) is 18.4 Å². The van der Waals surface area contributed by atoms with Crippen LogP contribution in [0.1, 0.15) is 24.2 Å². The minimum Gasteiger partial charge on any atom is -0.423 e. The molecule has 19 heavy (non-hydrogen) atoms. The molecule has 3 aromatic rings. The van der Waals surface area contributed by atoms with Crippen LogP contribution in [0.2, 0.25) is 0 Å². The molecule has 4 rings (SSSR count). The number of hydrogen-bond donors (Lipinski definition) is 1. The first kappa shape index (κ1) is 10.6. The summed E-state index contributed by atoms with van der Waals surface area (Å²) in [4.78, 5) is 8.96. The number of imidazole rings is 1. The number of fused-ring (bicyclic) bond motifs is 2. The molecule has 0 radical (unpaired) electrons. The van der Waals surface area contributed by atoms with Gasteiger partial charge in [-0.25, -0.2) is 4.98 Å². The van der Waals surface area contributed by atoms with Crippen molar-refractivity contribution in [2.75, 3.05) is 5.73 Å². The van der Waals surface area contributed by atoms with Crippen molar-refractivity contribution in [2.24, 2.45) is 0 Å². The van der Waals surface area contributed by atoms with Crippen LogP contribution in [0, 0.1) is 0 Å². The smallest absolute Gasteiger partial charge is 0.308 e. The minimum absolute atomic E-state index is 0.580. The van der Waals surface area contributed by atoms with E-state index in [0.29, 0.717) is 17.3 Å². The van der Waals surface area contributed by atoms with E-state index in [1.54, 1.807) is 6.07 Å². The third kappa shape index (κ3) is 1.62. The molecule has 0 saturated heterocycles. The van der Waals surface area contributed by atoms with E-state index in [9.17, 15) is 0 Å². The lowest BCUT2D eigenvalue weighted by molar-refractivity contribution is 0.549. The lowest BCUT2D eigenvalue weighted by Crippen LogP contribution is -2.06. The largest absolute Gasteiger partial charge is 0.423 e. The van der Waals surface area contributed by atoms with Crippen LogP contribution in [0.4, 0.5) is 5.69 Å². The molecule has 1 aliphatic carbocycles. The summed E-state index contributed by atoms with van der Waals surface area (Å²) in [5.74, 6) is 0. The first-order valence-electron chi connectivity index (χ1n) is 6.53. The maximum atomic E-state index is 5.79. The summed E-state index contributed by atoms with van der Waals surface area (Å²) < 4.78 is 7.75. The number of nitrogen functional groups attached to an aromatic ring is 1. The van der Waals surface area contributed by atoms with Crippen molar-refractivity contribution >= 4 is 16.8 Å². The van der Waals surface area contributed by atoms with Crippen molar-refractivity contribution in [3.8, 4) is 6.01 Å². The average molecular weight is 254 g/mol. The Balaban J connectivity index is 1.88. The standard InChI is InChI=1S/C14H14N4O/c15-9-5-6-11-13(7-9)19-14(17-11)18-8-16-10-3-1-2-4-12(10)18/h5-8H,1-4,15H2. The van der Waals surface area contributed by atoms with Gasteiger partial charge in [0.1, 0.15) is 11.8 Å². The predicted octanol–water partition coefficient (Wildman–Crippen LogP) is 2.47. The summed E-state index contributed by atoms with van der Waals surface area (Å²) in [7, 11) is 0. The second-order valence-electron chi connectivity index (χ2n) is 4.94. The first-order valence-corrected chi connectivity index (χ1v) is 6.53. The minimum atomic E-state index is 0.580. The molecule has 2 N–H and O–H groups in total. The van der Waals surface area contributed by atoms with Gasteiger partial charge in [0.25, 0.3) is 0 Å². The molecule has 0 amide bonds. The van der Waals surface area contributed by atoms with Crippen molar-refractivity contribution in [3.63, 3.8) is 0 Å². The molecule has 96 valence electrons. The molecule has 1 aromatic carbocycles. The van der Waals surface area contributed by atoms with E-state index in [-0.39, 0.29) is 0 Å². The van der Waals surface area contributed by atoms with Gasteiger partial charge in [-0.3, -0.25) is 4.57 Å². The zero-order chi connectivity index (χ0) is 12.8. The number of aryl methyl sites for hydroxylation is 1. The van der Waals surface area contributed by atoms with Crippen LogP contribution in [0.5, 0.6) is 0 Å². The molecule has 0 fully saturated rings. The highest BCUT2D eigenvalue weighted by Crippen LogP contribution is 2.25. The fourth-order valence-electron chi connectivity index (χ4n) is 2.67. The Labute approximate surface area is 110 Å². The average Bonchev–Trinajstić information content (AvgIpc) is 3.00. The number of hydrogen-bond acceptors (Lipinski definition) is 4. The topological polar surface area (TPSA) is 69.9 Å². The summed E-state index contributed by atoms with van der Waals surface area (Å²) in [6.07, 6.45) is 6.32. The Morgan fingerprint density at radius 1 is 1.21 bits per heavy atom. The van der Waals surface area contributed by atoms with Crippen LogP contribution in [0.3, 0.4) is 0 Å². The molecular weight excluding hydrogens is 240 g/mol. The van der Waals surface area contributed by atoms with Crippen LogP contribution < -0.4 is 5.73 Å². The normalized spacial score (nSPS) is 14.7. The van der Waals surface area contributed by atoms with Crippen molar-refractivity contribution in [3.05, 3.63) is 35.9 Å². The third-order valence-corrected chi connectivity index (χ3v) is 3.64. The molecule has 2 aromatic heterocycles. The molecule has 0 bridgehead atoms. The van der Waals surface area contributed by atoms with Gasteiger partial charge < -0.3 is 10.2 Å². The Kier molecular flexibility index (Phi) is 2.15. The molecule has 0 unspecified atom stereocenters. The van der Waals surface area contributed by atoms with Crippen LogP contribution >= 0.6 is 0 Å². The number of rotatable bonds is 1. The quantitative estimate of drug-likeness (QED) is 0.677. The number of oxazole rings is 1. The molecule has 1 aliphatic rings. The molecule has 0 saturated carbocycles. The zero-order valence-corrected chi connectivity index (χ0v) is 10.5. The molecule has 0 aliphatic heterocycles. The van der Waals surface area contributed by atoms with Gasteiger partial charge in [0.2, 0.25) is 0 Å². The van der Waals surface area contributed by atoms with E-state index >= 15 is 0 Å². The van der Waals surface area contributed by atoms with Gasteiger partial charge in [-0.05, 0) is 37.8 Å². The van der Waals surface area contributed by atoms with E-state index in [1.165, 1.54) is 24.2 Å². The lowest BCUT2D eigenvalue weighted by atomic mass is 10.0. The summed E-state index contributed by atoms with van der Waals surface area (Å²) in [6, 6.07) is 6.09. The zero-order valence-electron chi connectivity index (χ0n) is 10.5. The summed E-state index contributed by atoms with van der Waals surface area (Å²) in [5.41, 5.74) is 10.4. The van der Waals surface area contributed by atoms with E-state index in [1.807, 2.05) is 23.0 Å². The van der Waals surface area contributed by atoms with Gasteiger partial charge in [0, 0.05) is 11.8 Å². The molecule has 0 atom stereocenters. The van der Waals surface area contributed by atoms with Gasteiger partial charge >= 0.3 is 6.01 Å². The highest BCUT2D eigenvalue weighted by atomic mass is 16.4. The van der Waals surface area contributed by atoms with E-state index < -0.39 is 0 Å². The first-order chi connectivity index (χ1) is 9.31. The number of anilines is 1. The van der Waals surface area contributed by atoms with Gasteiger partial charge in [0.05, 0.1) is 11.4 Å². The van der Waals surface area contributed by atoms with Gasteiger partial charge in [0.15, 0.2) is 5.58 Å². The monoisotopic (exact) mass is 254 g/mol. The number of nitrogens with two attached hydrogens (primary N) is 1. The maximum Gasteiger partial charge on any atom is 0.308 e. The number of aromatic nitrogens is 3. The van der Waals surface area contributed by atoms with Crippen molar-refractivity contribution in [1.82, 2.24) is 14.5 Å². The fourth-order valence-corrected chi connectivity index (χ4v) is 2.67. The fraction of sp³-hybridized carbons (Fsp3) is 0.286.